The second-order valence-electron chi connectivity index (χ2n) is 8.32. The summed E-state index contributed by atoms with van der Waals surface area (Å²) in [5.41, 5.74) is 2.66. The predicted molar refractivity (Wildman–Crippen MR) is 128 cm³/mol. The molecule has 34 heavy (non-hydrogen) atoms. The van der Waals surface area contributed by atoms with Crippen LogP contribution in [-0.4, -0.2) is 67.2 Å². The van der Waals surface area contributed by atoms with Crippen LogP contribution in [0, 0.1) is 0 Å². The summed E-state index contributed by atoms with van der Waals surface area (Å²) in [4.78, 5) is 21.5. The molecule has 1 aliphatic rings. The van der Waals surface area contributed by atoms with Gasteiger partial charge in [0, 0.05) is 39.3 Å². The van der Waals surface area contributed by atoms with E-state index < -0.39 is 0 Å². The van der Waals surface area contributed by atoms with Gasteiger partial charge in [-0.15, -0.1) is 0 Å². The van der Waals surface area contributed by atoms with Gasteiger partial charge in [-0.25, -0.2) is 4.98 Å². The zero-order valence-electron chi connectivity index (χ0n) is 19.6. The standard InChI is InChI=1S/C26H32N4O4/c1-32-23-9-7-22(8-10-23)18-30(17-21-5-3-2-4-6-21)19-25-28-24(20-34-25)26(31)27-11-12-29-13-15-33-16-14-29/h2-10,20H,11-19H2,1H3,(H,27,31). The Morgan fingerprint density at radius 1 is 1.03 bits per heavy atom. The van der Waals surface area contributed by atoms with E-state index in [0.29, 0.717) is 31.2 Å². The molecule has 0 spiro atoms. The van der Waals surface area contributed by atoms with Crippen LogP contribution in [0.5, 0.6) is 5.75 Å². The molecule has 2 heterocycles. The van der Waals surface area contributed by atoms with Gasteiger partial charge >= 0.3 is 0 Å². The third-order valence-corrected chi connectivity index (χ3v) is 5.77. The number of amides is 1. The third-order valence-electron chi connectivity index (χ3n) is 5.77. The number of nitrogens with zero attached hydrogens (tertiary/aromatic N) is 3. The second-order valence-corrected chi connectivity index (χ2v) is 8.32. The number of hydrogen-bond acceptors (Lipinski definition) is 7. The van der Waals surface area contributed by atoms with Gasteiger partial charge in [0.15, 0.2) is 5.69 Å². The number of ether oxygens (including phenoxy) is 2. The highest BCUT2D eigenvalue weighted by molar-refractivity contribution is 5.91. The van der Waals surface area contributed by atoms with Crippen molar-refractivity contribution in [3.8, 4) is 5.75 Å². The lowest BCUT2D eigenvalue weighted by atomic mass is 10.1. The first-order valence-corrected chi connectivity index (χ1v) is 11.6. The van der Waals surface area contributed by atoms with Crippen LogP contribution in [0.3, 0.4) is 0 Å². The second kappa shape index (κ2) is 12.3. The van der Waals surface area contributed by atoms with Gasteiger partial charge in [0.1, 0.15) is 12.0 Å². The van der Waals surface area contributed by atoms with E-state index in [9.17, 15) is 4.79 Å². The molecule has 1 N–H and O–H groups in total. The summed E-state index contributed by atoms with van der Waals surface area (Å²) in [6, 6.07) is 18.3. The molecule has 0 atom stereocenters. The summed E-state index contributed by atoms with van der Waals surface area (Å²) in [6.45, 7) is 6.59. The van der Waals surface area contributed by atoms with Crippen molar-refractivity contribution < 1.29 is 18.7 Å². The maximum absolute atomic E-state index is 12.5. The SMILES string of the molecule is COc1ccc(CN(Cc2ccccc2)Cc2nc(C(=O)NCCN3CCOCC3)co2)cc1. The van der Waals surface area contributed by atoms with Gasteiger partial charge in [-0.3, -0.25) is 14.6 Å². The summed E-state index contributed by atoms with van der Waals surface area (Å²) in [7, 11) is 1.66. The number of carbonyl (C=O) groups is 1. The number of morpholine rings is 1. The lowest BCUT2D eigenvalue weighted by Gasteiger charge is -2.26. The van der Waals surface area contributed by atoms with Crippen LogP contribution in [0.2, 0.25) is 0 Å². The van der Waals surface area contributed by atoms with E-state index in [-0.39, 0.29) is 5.91 Å². The van der Waals surface area contributed by atoms with Gasteiger partial charge in [-0.1, -0.05) is 42.5 Å². The Bertz CT molecular complexity index is 1020. The molecule has 3 aromatic rings. The molecule has 0 saturated carbocycles. The molecular formula is C26H32N4O4. The first kappa shape index (κ1) is 23.9. The summed E-state index contributed by atoms with van der Waals surface area (Å²) in [6.07, 6.45) is 1.44. The number of aromatic nitrogens is 1. The van der Waals surface area contributed by atoms with Crippen LogP contribution in [0.1, 0.15) is 27.5 Å². The highest BCUT2D eigenvalue weighted by atomic mass is 16.5. The highest BCUT2D eigenvalue weighted by Crippen LogP contribution is 2.17. The van der Waals surface area contributed by atoms with Crippen molar-refractivity contribution in [3.63, 3.8) is 0 Å². The van der Waals surface area contributed by atoms with Gasteiger partial charge in [-0.05, 0) is 23.3 Å². The van der Waals surface area contributed by atoms with Gasteiger partial charge in [-0.2, -0.15) is 0 Å². The molecule has 2 aromatic carbocycles. The van der Waals surface area contributed by atoms with Crippen LogP contribution in [0.15, 0.2) is 65.3 Å². The maximum Gasteiger partial charge on any atom is 0.273 e. The van der Waals surface area contributed by atoms with E-state index in [1.165, 1.54) is 11.8 Å². The van der Waals surface area contributed by atoms with Crippen molar-refractivity contribution in [3.05, 3.63) is 83.6 Å². The summed E-state index contributed by atoms with van der Waals surface area (Å²) < 4.78 is 16.3. The molecule has 0 radical (unpaired) electrons. The molecule has 180 valence electrons. The highest BCUT2D eigenvalue weighted by Gasteiger charge is 2.17. The fourth-order valence-electron chi connectivity index (χ4n) is 3.92. The van der Waals surface area contributed by atoms with Crippen LogP contribution >= 0.6 is 0 Å². The van der Waals surface area contributed by atoms with Crippen LogP contribution in [0.4, 0.5) is 0 Å². The number of rotatable bonds is 11. The molecule has 0 bridgehead atoms. The zero-order chi connectivity index (χ0) is 23.6. The van der Waals surface area contributed by atoms with Gasteiger partial charge in [0.05, 0.1) is 26.9 Å². The zero-order valence-corrected chi connectivity index (χ0v) is 19.6. The van der Waals surface area contributed by atoms with E-state index in [1.807, 2.05) is 30.3 Å². The van der Waals surface area contributed by atoms with E-state index in [1.54, 1.807) is 7.11 Å². The number of carbonyl (C=O) groups excluding carboxylic acids is 1. The molecule has 1 aromatic heterocycles. The lowest BCUT2D eigenvalue weighted by Crippen LogP contribution is -2.41. The minimum atomic E-state index is -0.215. The fourth-order valence-corrected chi connectivity index (χ4v) is 3.92. The van der Waals surface area contributed by atoms with Gasteiger partial charge < -0.3 is 19.2 Å². The fraction of sp³-hybridized carbons (Fsp3) is 0.385. The molecule has 1 aliphatic heterocycles. The van der Waals surface area contributed by atoms with Crippen molar-refractivity contribution in [2.45, 2.75) is 19.6 Å². The molecule has 1 fully saturated rings. The van der Waals surface area contributed by atoms with E-state index in [2.05, 4.69) is 44.4 Å². The maximum atomic E-state index is 12.5. The van der Waals surface area contributed by atoms with E-state index in [4.69, 9.17) is 13.9 Å². The summed E-state index contributed by atoms with van der Waals surface area (Å²) in [5.74, 6) is 1.13. The summed E-state index contributed by atoms with van der Waals surface area (Å²) in [5, 5.41) is 2.93. The van der Waals surface area contributed by atoms with Crippen LogP contribution < -0.4 is 10.1 Å². The Balaban J connectivity index is 1.35. The van der Waals surface area contributed by atoms with Crippen molar-refractivity contribution in [1.82, 2.24) is 20.1 Å². The Labute approximate surface area is 200 Å². The average Bonchev–Trinajstić information content (AvgIpc) is 3.34. The smallest absolute Gasteiger partial charge is 0.273 e. The first-order chi connectivity index (χ1) is 16.7. The first-order valence-electron chi connectivity index (χ1n) is 11.6. The minimum Gasteiger partial charge on any atom is -0.497 e. The molecule has 8 heteroatoms. The molecule has 8 nitrogen and oxygen atoms in total. The van der Waals surface area contributed by atoms with E-state index >= 15 is 0 Å². The van der Waals surface area contributed by atoms with Gasteiger partial charge in [0.25, 0.3) is 5.91 Å². The minimum absolute atomic E-state index is 0.215. The lowest BCUT2D eigenvalue weighted by molar-refractivity contribution is 0.0383. The molecule has 0 unspecified atom stereocenters. The molecule has 1 amide bonds. The quantitative estimate of drug-likeness (QED) is 0.467. The molecule has 0 aliphatic carbocycles. The monoisotopic (exact) mass is 464 g/mol. The van der Waals surface area contributed by atoms with Crippen LogP contribution in [-0.2, 0) is 24.4 Å². The predicted octanol–water partition coefficient (Wildman–Crippen LogP) is 2.95. The Morgan fingerprint density at radius 3 is 2.44 bits per heavy atom. The largest absolute Gasteiger partial charge is 0.497 e. The van der Waals surface area contributed by atoms with E-state index in [0.717, 1.165) is 50.7 Å². The van der Waals surface area contributed by atoms with Crippen molar-refractivity contribution >= 4 is 5.91 Å². The summed E-state index contributed by atoms with van der Waals surface area (Å²) >= 11 is 0. The number of hydrogen-bond donors (Lipinski definition) is 1. The Morgan fingerprint density at radius 2 is 1.74 bits per heavy atom. The number of benzene rings is 2. The normalized spacial score (nSPS) is 14.3. The Hall–Kier alpha value is -3.20. The molecule has 4 rings (SSSR count). The number of oxazole rings is 1. The third kappa shape index (κ3) is 7.15. The molecule has 1 saturated heterocycles. The van der Waals surface area contributed by atoms with Crippen molar-refractivity contribution in [1.29, 1.82) is 0 Å². The van der Waals surface area contributed by atoms with Crippen molar-refractivity contribution in [2.24, 2.45) is 0 Å². The average molecular weight is 465 g/mol. The van der Waals surface area contributed by atoms with Crippen LogP contribution in [0.25, 0.3) is 0 Å². The molecular weight excluding hydrogens is 432 g/mol. The topological polar surface area (TPSA) is 80.1 Å². The Kier molecular flexibility index (Phi) is 8.67. The van der Waals surface area contributed by atoms with Gasteiger partial charge in [0.2, 0.25) is 5.89 Å². The van der Waals surface area contributed by atoms with Crippen molar-refractivity contribution in [2.75, 3.05) is 46.5 Å². The number of nitrogens with one attached hydrogen (secondary N) is 1. The number of methoxy groups -OCH3 is 1.